The molecule has 2 N–H and O–H groups in total. The highest BCUT2D eigenvalue weighted by Crippen LogP contribution is 2.39. The van der Waals surface area contributed by atoms with Crippen molar-refractivity contribution in [1.82, 2.24) is 10.6 Å². The minimum absolute atomic E-state index is 0.0947. The Labute approximate surface area is 155 Å². The van der Waals surface area contributed by atoms with Crippen LogP contribution in [0.5, 0.6) is 0 Å². The van der Waals surface area contributed by atoms with Crippen molar-refractivity contribution < 1.29 is 12.8 Å². The Morgan fingerprint density at radius 2 is 2.08 bits per heavy atom. The highest BCUT2D eigenvalue weighted by Gasteiger charge is 2.35. The fraction of sp³-hybridized carbons (Fsp3) is 0.632. The van der Waals surface area contributed by atoms with Gasteiger partial charge in [-0.2, -0.15) is 0 Å². The van der Waals surface area contributed by atoms with Crippen LogP contribution in [-0.4, -0.2) is 45.5 Å². The summed E-state index contributed by atoms with van der Waals surface area (Å²) in [5, 5.41) is 6.60. The Balaban J connectivity index is 1.69. The first-order valence-corrected chi connectivity index (χ1v) is 11.2. The number of benzene rings is 1. The third kappa shape index (κ3) is 4.55. The lowest BCUT2D eigenvalue weighted by atomic mass is 9.69. The smallest absolute Gasteiger partial charge is 0.191 e. The summed E-state index contributed by atoms with van der Waals surface area (Å²) in [4.78, 5) is 4.25. The average molecular weight is 382 g/mol. The van der Waals surface area contributed by atoms with Gasteiger partial charge >= 0.3 is 0 Å². The third-order valence-corrected chi connectivity index (χ3v) is 7.41. The second kappa shape index (κ2) is 7.94. The summed E-state index contributed by atoms with van der Waals surface area (Å²) in [6.45, 7) is 0.662. The SMILES string of the molecule is CN=C(NCC1(c2cccc(F)c2)CCCCC1)NC1CCS(=O)(=O)C1. The van der Waals surface area contributed by atoms with E-state index in [2.05, 4.69) is 15.6 Å². The highest BCUT2D eigenvalue weighted by atomic mass is 32.2. The second-order valence-corrected chi connectivity index (χ2v) is 9.75. The standard InChI is InChI=1S/C19H28FN3O2S/c1-21-18(23-17-8-11-26(24,25)13-17)22-14-19(9-3-2-4-10-19)15-6-5-7-16(20)12-15/h5-7,12,17H,2-4,8-11,13-14H2,1H3,(H2,21,22,23). The molecule has 5 nitrogen and oxygen atoms in total. The van der Waals surface area contributed by atoms with Gasteiger partial charge in [-0.1, -0.05) is 31.4 Å². The number of hydrogen-bond acceptors (Lipinski definition) is 3. The summed E-state index contributed by atoms with van der Waals surface area (Å²) in [5.74, 6) is 0.803. The minimum Gasteiger partial charge on any atom is -0.356 e. The number of aliphatic imine (C=N–C) groups is 1. The van der Waals surface area contributed by atoms with Crippen LogP contribution >= 0.6 is 0 Å². The Morgan fingerprint density at radius 1 is 1.31 bits per heavy atom. The van der Waals surface area contributed by atoms with Crippen molar-refractivity contribution in [2.45, 2.75) is 50.0 Å². The molecule has 1 heterocycles. The molecule has 1 aromatic carbocycles. The number of rotatable bonds is 4. The van der Waals surface area contributed by atoms with Gasteiger partial charge in [0, 0.05) is 25.0 Å². The Hall–Kier alpha value is -1.63. The molecule has 1 aromatic rings. The molecule has 0 amide bonds. The van der Waals surface area contributed by atoms with Gasteiger partial charge in [-0.3, -0.25) is 4.99 Å². The van der Waals surface area contributed by atoms with Gasteiger partial charge in [0.2, 0.25) is 0 Å². The molecular formula is C19H28FN3O2S. The lowest BCUT2D eigenvalue weighted by Gasteiger charge is -2.38. The van der Waals surface area contributed by atoms with Crippen LogP contribution in [0.1, 0.15) is 44.1 Å². The van der Waals surface area contributed by atoms with Crippen molar-refractivity contribution in [3.8, 4) is 0 Å². The van der Waals surface area contributed by atoms with Gasteiger partial charge in [-0.05, 0) is 37.0 Å². The van der Waals surface area contributed by atoms with Gasteiger partial charge in [0.25, 0.3) is 0 Å². The molecule has 0 radical (unpaired) electrons. The van der Waals surface area contributed by atoms with Crippen LogP contribution in [0.2, 0.25) is 0 Å². The van der Waals surface area contributed by atoms with Crippen molar-refractivity contribution >= 4 is 15.8 Å². The van der Waals surface area contributed by atoms with Gasteiger partial charge in [0.1, 0.15) is 5.82 Å². The molecule has 1 aliphatic heterocycles. The molecule has 2 fully saturated rings. The molecule has 2 aliphatic rings. The molecule has 0 bridgehead atoms. The van der Waals surface area contributed by atoms with E-state index in [1.165, 1.54) is 12.5 Å². The van der Waals surface area contributed by atoms with Gasteiger partial charge in [-0.25, -0.2) is 12.8 Å². The van der Waals surface area contributed by atoms with E-state index in [4.69, 9.17) is 0 Å². The lowest BCUT2D eigenvalue weighted by molar-refractivity contribution is 0.290. The van der Waals surface area contributed by atoms with Crippen molar-refractivity contribution in [1.29, 1.82) is 0 Å². The number of sulfone groups is 1. The molecule has 1 saturated heterocycles. The van der Waals surface area contributed by atoms with Crippen LogP contribution in [0.4, 0.5) is 4.39 Å². The molecule has 7 heteroatoms. The highest BCUT2D eigenvalue weighted by molar-refractivity contribution is 7.91. The van der Waals surface area contributed by atoms with E-state index in [9.17, 15) is 12.8 Å². The number of halogens is 1. The fourth-order valence-electron chi connectivity index (χ4n) is 4.16. The normalized spacial score (nSPS) is 25.0. The molecule has 26 heavy (non-hydrogen) atoms. The van der Waals surface area contributed by atoms with Crippen molar-refractivity contribution in [2.24, 2.45) is 4.99 Å². The van der Waals surface area contributed by atoms with Crippen LogP contribution in [0.15, 0.2) is 29.3 Å². The molecule has 144 valence electrons. The van der Waals surface area contributed by atoms with E-state index >= 15 is 0 Å². The van der Waals surface area contributed by atoms with E-state index in [0.717, 1.165) is 31.2 Å². The monoisotopic (exact) mass is 381 g/mol. The summed E-state index contributed by atoms with van der Waals surface area (Å²) in [6, 6.07) is 6.82. The van der Waals surface area contributed by atoms with E-state index < -0.39 is 9.84 Å². The van der Waals surface area contributed by atoms with Crippen LogP contribution < -0.4 is 10.6 Å². The third-order valence-electron chi connectivity index (χ3n) is 5.64. The van der Waals surface area contributed by atoms with E-state index in [1.54, 1.807) is 19.2 Å². The summed E-state index contributed by atoms with van der Waals surface area (Å²) >= 11 is 0. The molecular weight excluding hydrogens is 353 g/mol. The van der Waals surface area contributed by atoms with Gasteiger partial charge in [-0.15, -0.1) is 0 Å². The number of nitrogens with one attached hydrogen (secondary N) is 2. The minimum atomic E-state index is -2.93. The molecule has 1 unspecified atom stereocenters. The maximum Gasteiger partial charge on any atom is 0.191 e. The number of hydrogen-bond donors (Lipinski definition) is 2. The van der Waals surface area contributed by atoms with Crippen LogP contribution in [0.25, 0.3) is 0 Å². The molecule has 0 aromatic heterocycles. The zero-order valence-corrected chi connectivity index (χ0v) is 16.1. The molecule has 1 saturated carbocycles. The van der Waals surface area contributed by atoms with E-state index in [0.29, 0.717) is 18.9 Å². The number of guanidine groups is 1. The second-order valence-electron chi connectivity index (χ2n) is 7.52. The summed E-state index contributed by atoms with van der Waals surface area (Å²) in [7, 11) is -1.24. The predicted molar refractivity (Wildman–Crippen MR) is 103 cm³/mol. The van der Waals surface area contributed by atoms with E-state index in [-0.39, 0.29) is 28.8 Å². The van der Waals surface area contributed by atoms with Crippen molar-refractivity contribution in [3.63, 3.8) is 0 Å². The summed E-state index contributed by atoms with van der Waals surface area (Å²) < 4.78 is 37.1. The maximum absolute atomic E-state index is 13.8. The number of nitrogens with zero attached hydrogens (tertiary/aromatic N) is 1. The van der Waals surface area contributed by atoms with Gasteiger partial charge < -0.3 is 10.6 Å². The van der Waals surface area contributed by atoms with Gasteiger partial charge in [0.15, 0.2) is 15.8 Å². The average Bonchev–Trinajstić information content (AvgIpc) is 2.98. The maximum atomic E-state index is 13.8. The first-order chi connectivity index (χ1) is 12.4. The Morgan fingerprint density at radius 3 is 2.69 bits per heavy atom. The molecule has 3 rings (SSSR count). The van der Waals surface area contributed by atoms with E-state index in [1.807, 2.05) is 6.07 Å². The summed E-state index contributed by atoms with van der Waals surface area (Å²) in [6.07, 6.45) is 6.11. The molecule has 1 aliphatic carbocycles. The zero-order valence-electron chi connectivity index (χ0n) is 15.3. The lowest BCUT2D eigenvalue weighted by Crippen LogP contribution is -2.49. The zero-order chi connectivity index (χ0) is 18.6. The Kier molecular flexibility index (Phi) is 5.85. The Bertz CT molecular complexity index is 758. The van der Waals surface area contributed by atoms with Crippen LogP contribution in [-0.2, 0) is 15.3 Å². The quantitative estimate of drug-likeness (QED) is 0.621. The van der Waals surface area contributed by atoms with Crippen molar-refractivity contribution in [2.75, 3.05) is 25.1 Å². The molecule has 0 spiro atoms. The molecule has 1 atom stereocenters. The van der Waals surface area contributed by atoms with Crippen LogP contribution in [0.3, 0.4) is 0 Å². The summed E-state index contributed by atoms with van der Waals surface area (Å²) in [5.41, 5.74) is 0.920. The van der Waals surface area contributed by atoms with Gasteiger partial charge in [0.05, 0.1) is 11.5 Å². The first-order valence-electron chi connectivity index (χ1n) is 9.36. The predicted octanol–water partition coefficient (Wildman–Crippen LogP) is 2.38. The largest absolute Gasteiger partial charge is 0.356 e. The van der Waals surface area contributed by atoms with Crippen LogP contribution in [0, 0.1) is 5.82 Å². The first kappa shape index (κ1) is 19.1. The fourth-order valence-corrected chi connectivity index (χ4v) is 5.84. The van der Waals surface area contributed by atoms with Crippen molar-refractivity contribution in [3.05, 3.63) is 35.6 Å². The topological polar surface area (TPSA) is 70.6 Å².